The van der Waals surface area contributed by atoms with Crippen molar-refractivity contribution in [2.45, 2.75) is 51.5 Å². The van der Waals surface area contributed by atoms with Gasteiger partial charge in [-0.3, -0.25) is 9.69 Å². The highest BCUT2D eigenvalue weighted by Crippen LogP contribution is 2.33. The molecule has 1 aliphatic heterocycles. The number of fused-ring (bicyclic) bond motifs is 1. The summed E-state index contributed by atoms with van der Waals surface area (Å²) in [7, 11) is -2.11. The van der Waals surface area contributed by atoms with Crippen LogP contribution in [0.4, 0.5) is 5.13 Å². The van der Waals surface area contributed by atoms with Crippen LogP contribution in [0.2, 0.25) is 0 Å². The Bertz CT molecular complexity index is 1370. The van der Waals surface area contributed by atoms with E-state index < -0.39 is 10.0 Å². The molecule has 1 fully saturated rings. The molecule has 214 valence electrons. The number of anilines is 1. The lowest BCUT2D eigenvalue weighted by molar-refractivity contribution is 0.0978. The number of thiazole rings is 1. The highest BCUT2D eigenvalue weighted by Gasteiger charge is 2.27. The van der Waals surface area contributed by atoms with Gasteiger partial charge in [0.2, 0.25) is 10.0 Å². The van der Waals surface area contributed by atoms with Crippen LogP contribution in [0.1, 0.15) is 48.2 Å². The lowest BCUT2D eigenvalue weighted by Gasteiger charge is -2.25. The molecule has 11 heteroatoms. The molecule has 1 aromatic heterocycles. The molecule has 4 rings (SSSR count). The number of aryl methyl sites for hydroxylation is 2. The number of nitrogens with zero attached hydrogens (tertiary/aromatic N) is 4. The van der Waals surface area contributed by atoms with Crippen LogP contribution in [0, 0.1) is 13.8 Å². The molecule has 0 radical (unpaired) electrons. The van der Waals surface area contributed by atoms with Crippen molar-refractivity contribution < 1.29 is 17.9 Å². The summed E-state index contributed by atoms with van der Waals surface area (Å²) in [6.07, 6.45) is 1.74. The van der Waals surface area contributed by atoms with E-state index in [1.165, 1.54) is 27.8 Å². The predicted octanol–water partition coefficient (Wildman–Crippen LogP) is 5.12. The maximum Gasteiger partial charge on any atom is 0.260 e. The molecular weight excluding hydrogens is 556 g/mol. The Morgan fingerprint density at radius 1 is 1.10 bits per heavy atom. The SMILES string of the molecule is CCN(CC)CCN(C(=O)c1ccc(S(=O)(=O)N(C)CC2CCCO2)cc1)c1nc2cc(C)cc(C)c2s1.Cl. The van der Waals surface area contributed by atoms with Crippen molar-refractivity contribution in [2.75, 3.05) is 51.3 Å². The van der Waals surface area contributed by atoms with Crippen LogP contribution in [0.25, 0.3) is 10.2 Å². The fourth-order valence-corrected chi connectivity index (χ4v) is 7.07. The molecule has 2 aromatic carbocycles. The molecule has 39 heavy (non-hydrogen) atoms. The molecule has 1 unspecified atom stereocenters. The first-order chi connectivity index (χ1) is 18.1. The number of benzene rings is 2. The van der Waals surface area contributed by atoms with E-state index in [-0.39, 0.29) is 29.3 Å². The Hall–Kier alpha value is -2.08. The maximum absolute atomic E-state index is 13.8. The van der Waals surface area contributed by atoms with Crippen molar-refractivity contribution in [3.63, 3.8) is 0 Å². The molecule has 1 amide bonds. The van der Waals surface area contributed by atoms with Crippen molar-refractivity contribution in [2.24, 2.45) is 0 Å². The minimum atomic E-state index is -3.68. The first kappa shape index (κ1) is 31.4. The van der Waals surface area contributed by atoms with E-state index in [2.05, 4.69) is 31.7 Å². The molecule has 0 bridgehead atoms. The summed E-state index contributed by atoms with van der Waals surface area (Å²) in [6, 6.07) is 10.4. The number of carbonyl (C=O) groups excluding carboxylic acids is 1. The van der Waals surface area contributed by atoms with Gasteiger partial charge in [0.1, 0.15) is 0 Å². The van der Waals surface area contributed by atoms with Crippen LogP contribution >= 0.6 is 23.7 Å². The molecule has 1 saturated heterocycles. The summed E-state index contributed by atoms with van der Waals surface area (Å²) < 4.78 is 34.2. The molecule has 1 atom stereocenters. The number of likely N-dealkylation sites (N-methyl/N-ethyl adjacent to an activating group) is 2. The molecule has 8 nitrogen and oxygen atoms in total. The third-order valence-electron chi connectivity index (χ3n) is 7.11. The third-order valence-corrected chi connectivity index (χ3v) is 10.2. The summed E-state index contributed by atoms with van der Waals surface area (Å²) in [5.74, 6) is -0.192. The third kappa shape index (κ3) is 7.17. The van der Waals surface area contributed by atoms with Gasteiger partial charge >= 0.3 is 0 Å². The Labute approximate surface area is 242 Å². The molecule has 0 spiro atoms. The number of rotatable bonds is 11. The molecule has 1 aliphatic rings. The van der Waals surface area contributed by atoms with E-state index in [0.717, 1.165) is 47.3 Å². The Balaban J connectivity index is 0.00000420. The van der Waals surface area contributed by atoms with Gasteiger partial charge in [0.05, 0.1) is 21.2 Å². The molecule has 0 aliphatic carbocycles. The van der Waals surface area contributed by atoms with E-state index in [1.54, 1.807) is 24.1 Å². The van der Waals surface area contributed by atoms with Crippen molar-refractivity contribution in [1.82, 2.24) is 14.2 Å². The number of hydrogen-bond acceptors (Lipinski definition) is 7. The summed E-state index contributed by atoms with van der Waals surface area (Å²) >= 11 is 1.52. The lowest BCUT2D eigenvalue weighted by Crippen LogP contribution is -2.39. The normalized spacial score (nSPS) is 15.7. The zero-order chi connectivity index (χ0) is 27.4. The van der Waals surface area contributed by atoms with Crippen molar-refractivity contribution in [1.29, 1.82) is 0 Å². The van der Waals surface area contributed by atoms with Crippen LogP contribution in [-0.4, -0.2) is 81.0 Å². The van der Waals surface area contributed by atoms with E-state index in [0.29, 0.717) is 36.9 Å². The summed E-state index contributed by atoms with van der Waals surface area (Å²) in [5.41, 5.74) is 3.59. The van der Waals surface area contributed by atoms with Gasteiger partial charge < -0.3 is 9.64 Å². The van der Waals surface area contributed by atoms with E-state index >= 15 is 0 Å². The number of carbonyl (C=O) groups is 1. The standard InChI is InChI=1S/C28H38N4O4S2.ClH/c1-6-31(7-2)14-15-32(28-29-25-18-20(3)17-21(4)26(25)37-28)27(33)22-10-12-24(13-11-22)38(34,35)30(5)19-23-9-8-16-36-23;/h10-13,17-18,23H,6-9,14-16,19H2,1-5H3;1H. The molecule has 2 heterocycles. The van der Waals surface area contributed by atoms with Gasteiger partial charge in [-0.25, -0.2) is 13.4 Å². The fraction of sp³-hybridized carbons (Fsp3) is 0.500. The highest BCUT2D eigenvalue weighted by atomic mass is 35.5. The van der Waals surface area contributed by atoms with Gasteiger partial charge in [0.15, 0.2) is 5.13 Å². The largest absolute Gasteiger partial charge is 0.377 e. The second-order valence-corrected chi connectivity index (χ2v) is 12.9. The number of ether oxygens (including phenoxy) is 1. The molecule has 0 saturated carbocycles. The number of halogens is 1. The second-order valence-electron chi connectivity index (χ2n) is 9.86. The summed E-state index contributed by atoms with van der Waals surface area (Å²) in [4.78, 5) is 22.8. The van der Waals surface area contributed by atoms with Crippen LogP contribution < -0.4 is 4.90 Å². The zero-order valence-corrected chi connectivity index (χ0v) is 25.8. The Morgan fingerprint density at radius 3 is 2.41 bits per heavy atom. The van der Waals surface area contributed by atoms with Crippen molar-refractivity contribution >= 4 is 55.0 Å². The fourth-order valence-electron chi connectivity index (χ4n) is 4.82. The van der Waals surface area contributed by atoms with Crippen LogP contribution in [-0.2, 0) is 14.8 Å². The first-order valence-electron chi connectivity index (χ1n) is 13.2. The number of aromatic nitrogens is 1. The van der Waals surface area contributed by atoms with Gasteiger partial charge in [-0.2, -0.15) is 4.31 Å². The molecule has 0 N–H and O–H groups in total. The van der Waals surface area contributed by atoms with Gasteiger partial charge in [0, 0.05) is 38.9 Å². The second kappa shape index (κ2) is 13.5. The number of sulfonamides is 1. The number of hydrogen-bond donors (Lipinski definition) is 0. The van der Waals surface area contributed by atoms with Crippen LogP contribution in [0.3, 0.4) is 0 Å². The lowest BCUT2D eigenvalue weighted by atomic mass is 10.1. The topological polar surface area (TPSA) is 83.1 Å². The highest BCUT2D eigenvalue weighted by molar-refractivity contribution is 7.89. The average Bonchev–Trinajstić information content (AvgIpc) is 3.56. The van der Waals surface area contributed by atoms with E-state index in [9.17, 15) is 13.2 Å². The molecular formula is C28H39ClN4O4S2. The smallest absolute Gasteiger partial charge is 0.260 e. The minimum Gasteiger partial charge on any atom is -0.377 e. The average molecular weight is 595 g/mol. The summed E-state index contributed by atoms with van der Waals surface area (Å²) in [5, 5.41) is 0.652. The van der Waals surface area contributed by atoms with Gasteiger partial charge in [-0.1, -0.05) is 31.3 Å². The van der Waals surface area contributed by atoms with Crippen molar-refractivity contribution in [3.05, 3.63) is 53.1 Å². The monoisotopic (exact) mass is 594 g/mol. The van der Waals surface area contributed by atoms with Gasteiger partial charge in [0.25, 0.3) is 5.91 Å². The summed E-state index contributed by atoms with van der Waals surface area (Å²) in [6.45, 7) is 12.3. The molecule has 3 aromatic rings. The zero-order valence-electron chi connectivity index (χ0n) is 23.3. The first-order valence-corrected chi connectivity index (χ1v) is 15.5. The Kier molecular flexibility index (Phi) is 10.9. The van der Waals surface area contributed by atoms with E-state index in [1.807, 2.05) is 13.0 Å². The van der Waals surface area contributed by atoms with Gasteiger partial charge in [-0.15, -0.1) is 12.4 Å². The minimum absolute atomic E-state index is 0. The van der Waals surface area contributed by atoms with Gasteiger partial charge in [-0.05, 0) is 81.2 Å². The number of amides is 1. The maximum atomic E-state index is 13.8. The van der Waals surface area contributed by atoms with Crippen molar-refractivity contribution in [3.8, 4) is 0 Å². The Morgan fingerprint density at radius 2 is 1.79 bits per heavy atom. The van der Waals surface area contributed by atoms with E-state index in [4.69, 9.17) is 9.72 Å². The van der Waals surface area contributed by atoms with Crippen LogP contribution in [0.15, 0.2) is 41.3 Å². The predicted molar refractivity (Wildman–Crippen MR) is 161 cm³/mol. The van der Waals surface area contributed by atoms with Crippen LogP contribution in [0.5, 0.6) is 0 Å². The quantitative estimate of drug-likeness (QED) is 0.306.